The van der Waals surface area contributed by atoms with Gasteiger partial charge >= 0.3 is 12.1 Å². The van der Waals surface area contributed by atoms with Crippen molar-refractivity contribution in [3.05, 3.63) is 34.9 Å². The zero-order chi connectivity index (χ0) is 22.7. The van der Waals surface area contributed by atoms with E-state index < -0.39 is 17.8 Å². The maximum Gasteiger partial charge on any atom is 0.407 e. The van der Waals surface area contributed by atoms with Crippen LogP contribution in [-0.4, -0.2) is 50.2 Å². The summed E-state index contributed by atoms with van der Waals surface area (Å²) in [5.74, 6) is -0.373. The van der Waals surface area contributed by atoms with Crippen molar-refractivity contribution in [2.75, 3.05) is 20.3 Å². The van der Waals surface area contributed by atoms with Gasteiger partial charge < -0.3 is 24.3 Å². The molecule has 0 aliphatic carbocycles. The van der Waals surface area contributed by atoms with Crippen LogP contribution in [0.4, 0.5) is 4.79 Å². The maximum absolute atomic E-state index is 12.3. The van der Waals surface area contributed by atoms with Crippen molar-refractivity contribution in [1.82, 2.24) is 5.32 Å². The summed E-state index contributed by atoms with van der Waals surface area (Å²) in [4.78, 5) is 24.3. The van der Waals surface area contributed by atoms with Gasteiger partial charge in [-0.1, -0.05) is 18.2 Å². The lowest BCUT2D eigenvalue weighted by Gasteiger charge is -2.21. The van der Waals surface area contributed by atoms with E-state index in [0.717, 1.165) is 23.1 Å². The molecule has 7 nitrogen and oxygen atoms in total. The van der Waals surface area contributed by atoms with Crippen molar-refractivity contribution in [3.63, 3.8) is 0 Å². The van der Waals surface area contributed by atoms with Crippen LogP contribution >= 0.6 is 0 Å². The summed E-state index contributed by atoms with van der Waals surface area (Å²) in [6.45, 7) is 12.2. The van der Waals surface area contributed by atoms with Gasteiger partial charge in [0.25, 0.3) is 0 Å². The number of benzene rings is 1. The van der Waals surface area contributed by atoms with Crippen LogP contribution in [0.3, 0.4) is 0 Å². The largest absolute Gasteiger partial charge is 0.464 e. The van der Waals surface area contributed by atoms with Crippen LogP contribution in [0.1, 0.15) is 58.2 Å². The molecule has 0 heterocycles. The van der Waals surface area contributed by atoms with Crippen LogP contribution in [0.2, 0.25) is 0 Å². The van der Waals surface area contributed by atoms with Crippen LogP contribution in [0, 0.1) is 0 Å². The first-order valence-electron chi connectivity index (χ1n) is 10.4. The monoisotopic (exact) mass is 423 g/mol. The summed E-state index contributed by atoms with van der Waals surface area (Å²) in [6.07, 6.45) is -0.159. The number of alkyl carbamates (subject to hydrolysis) is 1. The molecule has 7 heteroatoms. The van der Waals surface area contributed by atoms with Crippen molar-refractivity contribution in [2.24, 2.45) is 0 Å². The molecule has 30 heavy (non-hydrogen) atoms. The number of carbonyl (C=O) groups excluding carboxylic acids is 2. The van der Waals surface area contributed by atoms with Gasteiger partial charge in [-0.2, -0.15) is 0 Å². The van der Waals surface area contributed by atoms with Crippen LogP contribution in [0.15, 0.2) is 18.2 Å². The predicted molar refractivity (Wildman–Crippen MR) is 115 cm³/mol. The number of hydrogen-bond acceptors (Lipinski definition) is 6. The van der Waals surface area contributed by atoms with E-state index in [2.05, 4.69) is 5.32 Å². The lowest BCUT2D eigenvalue weighted by molar-refractivity contribution is -0.159. The molecular formula is C23H37NO6. The van der Waals surface area contributed by atoms with Gasteiger partial charge in [-0.05, 0) is 64.7 Å². The van der Waals surface area contributed by atoms with Crippen molar-refractivity contribution in [3.8, 4) is 0 Å². The second-order valence-corrected chi connectivity index (χ2v) is 8.39. The Kier molecular flexibility index (Phi) is 10.8. The van der Waals surface area contributed by atoms with E-state index in [0.29, 0.717) is 26.2 Å². The number of methoxy groups -OCH3 is 1. The number of rotatable bonds is 11. The molecule has 0 bridgehead atoms. The highest BCUT2D eigenvalue weighted by molar-refractivity contribution is 5.75. The average molecular weight is 424 g/mol. The molecule has 0 saturated heterocycles. The maximum atomic E-state index is 12.3. The van der Waals surface area contributed by atoms with Gasteiger partial charge in [0.1, 0.15) is 5.60 Å². The molecule has 0 aromatic heterocycles. The standard InChI is InChI=1S/C23H37NO6/c1-8-28-21(25)20(29-16(2)3)14-18-11-17(9-10-27-7)12-19(13-18)15-24-22(26)30-23(4,5)6/h11-13,16,20H,8-10,14-15H2,1-7H3,(H,24,26). The number of nitrogens with one attached hydrogen (secondary N) is 1. The normalized spacial score (nSPS) is 12.5. The molecule has 1 unspecified atom stereocenters. The number of hydrogen-bond donors (Lipinski definition) is 1. The number of carbonyl (C=O) groups is 2. The van der Waals surface area contributed by atoms with E-state index in [1.807, 2.05) is 52.8 Å². The van der Waals surface area contributed by atoms with Crippen LogP contribution < -0.4 is 5.32 Å². The lowest BCUT2D eigenvalue weighted by Crippen LogP contribution is -2.32. The number of amides is 1. The third-order valence-corrected chi connectivity index (χ3v) is 3.95. The Hall–Kier alpha value is -2.12. The Morgan fingerprint density at radius 3 is 2.27 bits per heavy atom. The van der Waals surface area contributed by atoms with Gasteiger partial charge in [0.15, 0.2) is 6.10 Å². The molecule has 1 aromatic rings. The summed E-state index contributed by atoms with van der Waals surface area (Å²) in [5.41, 5.74) is 2.35. The quantitative estimate of drug-likeness (QED) is 0.545. The minimum atomic E-state index is -0.686. The molecule has 0 aliphatic rings. The first-order valence-corrected chi connectivity index (χ1v) is 10.4. The van der Waals surface area contributed by atoms with Gasteiger partial charge in [0, 0.05) is 20.1 Å². The summed E-state index contributed by atoms with van der Waals surface area (Å²) < 4.78 is 21.5. The highest BCUT2D eigenvalue weighted by Gasteiger charge is 2.23. The summed E-state index contributed by atoms with van der Waals surface area (Å²) in [7, 11) is 1.65. The fourth-order valence-electron chi connectivity index (χ4n) is 2.88. The molecule has 0 aliphatic heterocycles. The summed E-state index contributed by atoms with van der Waals surface area (Å²) in [6, 6.07) is 6.01. The Balaban J connectivity index is 3.00. The number of ether oxygens (including phenoxy) is 4. The fraction of sp³-hybridized carbons (Fsp3) is 0.652. The zero-order valence-corrected chi connectivity index (χ0v) is 19.4. The highest BCUT2D eigenvalue weighted by Crippen LogP contribution is 2.17. The molecule has 1 rings (SSSR count). The minimum absolute atomic E-state index is 0.107. The average Bonchev–Trinajstić information content (AvgIpc) is 2.62. The lowest BCUT2D eigenvalue weighted by atomic mass is 9.99. The molecule has 1 amide bonds. The molecule has 0 spiro atoms. The molecule has 0 radical (unpaired) electrons. The molecule has 0 saturated carbocycles. The second-order valence-electron chi connectivity index (χ2n) is 8.39. The first kappa shape index (κ1) is 25.9. The molecule has 170 valence electrons. The topological polar surface area (TPSA) is 83.1 Å². The van der Waals surface area contributed by atoms with E-state index in [4.69, 9.17) is 18.9 Å². The highest BCUT2D eigenvalue weighted by atomic mass is 16.6. The SMILES string of the molecule is CCOC(=O)C(Cc1cc(CCOC)cc(CNC(=O)OC(C)(C)C)c1)OC(C)C. The molecule has 0 fully saturated rings. The van der Waals surface area contributed by atoms with E-state index in [9.17, 15) is 9.59 Å². The summed E-state index contributed by atoms with van der Waals surface area (Å²) in [5, 5.41) is 2.78. The van der Waals surface area contributed by atoms with Gasteiger partial charge in [-0.3, -0.25) is 0 Å². The third-order valence-electron chi connectivity index (χ3n) is 3.95. The molecular weight excluding hydrogens is 386 g/mol. The van der Waals surface area contributed by atoms with E-state index in [1.165, 1.54) is 0 Å². The van der Waals surface area contributed by atoms with Crippen LogP contribution in [-0.2, 0) is 43.1 Å². The van der Waals surface area contributed by atoms with Crippen molar-refractivity contribution in [2.45, 2.75) is 78.7 Å². The first-order chi connectivity index (χ1) is 14.0. The zero-order valence-electron chi connectivity index (χ0n) is 19.4. The van der Waals surface area contributed by atoms with E-state index in [1.54, 1.807) is 14.0 Å². The second kappa shape index (κ2) is 12.5. The van der Waals surface area contributed by atoms with Crippen molar-refractivity contribution >= 4 is 12.1 Å². The van der Waals surface area contributed by atoms with Crippen LogP contribution in [0.5, 0.6) is 0 Å². The van der Waals surface area contributed by atoms with Crippen molar-refractivity contribution in [1.29, 1.82) is 0 Å². The fourth-order valence-corrected chi connectivity index (χ4v) is 2.88. The van der Waals surface area contributed by atoms with Crippen molar-refractivity contribution < 1.29 is 28.5 Å². The Labute approximate surface area is 180 Å². The number of esters is 1. The minimum Gasteiger partial charge on any atom is -0.464 e. The van der Waals surface area contributed by atoms with Gasteiger partial charge in [-0.15, -0.1) is 0 Å². The van der Waals surface area contributed by atoms with Crippen LogP contribution in [0.25, 0.3) is 0 Å². The van der Waals surface area contributed by atoms with E-state index in [-0.39, 0.29) is 12.1 Å². The molecule has 1 aromatic carbocycles. The Bertz CT molecular complexity index is 681. The Morgan fingerprint density at radius 2 is 1.70 bits per heavy atom. The van der Waals surface area contributed by atoms with Gasteiger partial charge in [0.2, 0.25) is 0 Å². The predicted octanol–water partition coefficient (Wildman–Crippen LogP) is 3.80. The molecule has 1 N–H and O–H groups in total. The van der Waals surface area contributed by atoms with Gasteiger partial charge in [0.05, 0.1) is 19.3 Å². The summed E-state index contributed by atoms with van der Waals surface area (Å²) >= 11 is 0. The third kappa shape index (κ3) is 10.6. The smallest absolute Gasteiger partial charge is 0.407 e. The van der Waals surface area contributed by atoms with Gasteiger partial charge in [-0.25, -0.2) is 9.59 Å². The van der Waals surface area contributed by atoms with E-state index >= 15 is 0 Å². The molecule has 1 atom stereocenters. The Morgan fingerprint density at radius 1 is 1.07 bits per heavy atom.